The Morgan fingerprint density at radius 2 is 1.19 bits per heavy atom. The molecular weight excluding hydrogens is 585 g/mol. The second-order valence-corrected chi connectivity index (χ2v) is 12.3. The molecule has 224 valence electrons. The fourth-order valence-corrected chi connectivity index (χ4v) is 7.42. The van der Waals surface area contributed by atoms with Crippen molar-refractivity contribution in [3.8, 4) is 39.3 Å². The number of pyridine rings is 2. The molecule has 0 radical (unpaired) electrons. The van der Waals surface area contributed by atoms with Crippen LogP contribution in [0.3, 0.4) is 0 Å². The minimum Gasteiger partial charge on any atom is -0.309 e. The van der Waals surface area contributed by atoms with Gasteiger partial charge in [0, 0.05) is 44.7 Å². The van der Waals surface area contributed by atoms with E-state index in [1.807, 2.05) is 24.4 Å². The monoisotopic (exact) mass is 612 g/mol. The Morgan fingerprint density at radius 1 is 0.458 bits per heavy atom. The molecule has 0 aliphatic carbocycles. The molecule has 0 spiro atoms. The van der Waals surface area contributed by atoms with Crippen LogP contribution in [0.4, 0.5) is 17.1 Å². The highest BCUT2D eigenvalue weighted by Crippen LogP contribution is 2.52. The quantitative estimate of drug-likeness (QED) is 0.199. The first-order chi connectivity index (χ1) is 23.8. The van der Waals surface area contributed by atoms with E-state index >= 15 is 0 Å². The number of rotatable bonds is 3. The second kappa shape index (κ2) is 10.5. The van der Waals surface area contributed by atoms with Crippen molar-refractivity contribution in [1.82, 2.24) is 14.5 Å². The maximum absolute atomic E-state index is 5.09. The van der Waals surface area contributed by atoms with Crippen molar-refractivity contribution in [3.05, 3.63) is 170 Å². The molecule has 1 aliphatic heterocycles. The van der Waals surface area contributed by atoms with Crippen LogP contribution in [0.1, 0.15) is 0 Å². The molecule has 0 amide bonds. The molecule has 0 unspecified atom stereocenters. The molecule has 0 atom stereocenters. The van der Waals surface area contributed by atoms with E-state index in [-0.39, 0.29) is 0 Å². The zero-order valence-corrected chi connectivity index (χ0v) is 26.0. The Morgan fingerprint density at radius 3 is 2.06 bits per heavy atom. The van der Waals surface area contributed by atoms with Gasteiger partial charge in [-0.2, -0.15) is 0 Å². The lowest BCUT2D eigenvalue weighted by Crippen LogP contribution is -2.11. The van der Waals surface area contributed by atoms with E-state index in [9.17, 15) is 0 Å². The molecule has 0 fully saturated rings. The number of hydrogen-bond donors (Lipinski definition) is 0. The Hall–Kier alpha value is -6.52. The number of aromatic nitrogens is 3. The SMILES string of the molecule is c1ccc(-n2c3ccccc3c3ccc(N4c5ccccc5-c5ccccc5-c5ccc(-c6ccc7ccccc7n6)cc54)cc32)nc1. The van der Waals surface area contributed by atoms with Gasteiger partial charge in [-0.05, 0) is 65.7 Å². The van der Waals surface area contributed by atoms with E-state index in [1.54, 1.807) is 0 Å². The molecule has 0 N–H and O–H groups in total. The Bertz CT molecular complexity index is 2690. The molecule has 6 aromatic carbocycles. The number of nitrogens with zero attached hydrogens (tertiary/aromatic N) is 4. The molecular formula is C44H28N4. The highest BCUT2D eigenvalue weighted by Gasteiger charge is 2.27. The number of para-hydroxylation sites is 3. The lowest BCUT2D eigenvalue weighted by Gasteiger charge is -2.28. The van der Waals surface area contributed by atoms with E-state index in [1.165, 1.54) is 33.0 Å². The molecule has 4 heterocycles. The van der Waals surface area contributed by atoms with Crippen LogP contribution in [-0.4, -0.2) is 14.5 Å². The van der Waals surface area contributed by atoms with Crippen LogP contribution < -0.4 is 4.90 Å². The average molecular weight is 613 g/mol. The first-order valence-electron chi connectivity index (χ1n) is 16.3. The van der Waals surface area contributed by atoms with Crippen LogP contribution in [0.15, 0.2) is 170 Å². The first kappa shape index (κ1) is 26.7. The molecule has 4 heteroatoms. The normalized spacial score (nSPS) is 12.1. The van der Waals surface area contributed by atoms with Crippen molar-refractivity contribution in [2.24, 2.45) is 0 Å². The molecule has 1 aliphatic rings. The predicted octanol–water partition coefficient (Wildman–Crippen LogP) is 11.5. The summed E-state index contributed by atoms with van der Waals surface area (Å²) >= 11 is 0. The molecule has 0 saturated carbocycles. The van der Waals surface area contributed by atoms with Crippen molar-refractivity contribution in [2.75, 3.05) is 4.90 Å². The van der Waals surface area contributed by atoms with Gasteiger partial charge >= 0.3 is 0 Å². The van der Waals surface area contributed by atoms with E-state index < -0.39 is 0 Å². The Balaban J connectivity index is 1.27. The summed E-state index contributed by atoms with van der Waals surface area (Å²) in [6.45, 7) is 0. The van der Waals surface area contributed by atoms with Crippen molar-refractivity contribution < 1.29 is 0 Å². The molecule has 0 saturated heterocycles. The Kier molecular flexibility index (Phi) is 5.84. The summed E-state index contributed by atoms with van der Waals surface area (Å²) in [6, 6.07) is 58.4. The van der Waals surface area contributed by atoms with Crippen molar-refractivity contribution >= 4 is 49.8 Å². The number of anilines is 3. The van der Waals surface area contributed by atoms with Gasteiger partial charge in [0.25, 0.3) is 0 Å². The van der Waals surface area contributed by atoms with E-state index in [0.29, 0.717) is 0 Å². The fraction of sp³-hybridized carbons (Fsp3) is 0. The first-order valence-corrected chi connectivity index (χ1v) is 16.3. The molecule has 3 aromatic heterocycles. The molecule has 48 heavy (non-hydrogen) atoms. The van der Waals surface area contributed by atoms with Crippen LogP contribution in [0.25, 0.3) is 72.0 Å². The summed E-state index contributed by atoms with van der Waals surface area (Å²) in [5.74, 6) is 0.898. The van der Waals surface area contributed by atoms with Gasteiger partial charge in [-0.15, -0.1) is 0 Å². The highest BCUT2D eigenvalue weighted by atomic mass is 15.2. The molecule has 0 bridgehead atoms. The zero-order chi connectivity index (χ0) is 31.6. The third-order valence-corrected chi connectivity index (χ3v) is 9.58. The third kappa shape index (κ3) is 4.03. The minimum absolute atomic E-state index is 0.898. The van der Waals surface area contributed by atoms with Crippen molar-refractivity contribution in [2.45, 2.75) is 0 Å². The smallest absolute Gasteiger partial charge is 0.137 e. The summed E-state index contributed by atoms with van der Waals surface area (Å²) in [4.78, 5) is 12.3. The largest absolute Gasteiger partial charge is 0.309 e. The van der Waals surface area contributed by atoms with Gasteiger partial charge in [-0.1, -0.05) is 109 Å². The van der Waals surface area contributed by atoms with Gasteiger partial charge in [0.05, 0.1) is 33.6 Å². The topological polar surface area (TPSA) is 34.0 Å². The van der Waals surface area contributed by atoms with Gasteiger partial charge < -0.3 is 4.90 Å². The molecule has 10 rings (SSSR count). The summed E-state index contributed by atoms with van der Waals surface area (Å²) in [7, 11) is 0. The van der Waals surface area contributed by atoms with E-state index in [0.717, 1.165) is 56.1 Å². The van der Waals surface area contributed by atoms with Gasteiger partial charge in [0.2, 0.25) is 0 Å². The van der Waals surface area contributed by atoms with Crippen molar-refractivity contribution in [3.63, 3.8) is 0 Å². The van der Waals surface area contributed by atoms with Gasteiger partial charge in [0.1, 0.15) is 5.82 Å². The lowest BCUT2D eigenvalue weighted by atomic mass is 9.94. The summed E-state index contributed by atoms with van der Waals surface area (Å²) in [6.07, 6.45) is 1.86. The Labute approximate surface area is 277 Å². The van der Waals surface area contributed by atoms with Crippen LogP contribution >= 0.6 is 0 Å². The van der Waals surface area contributed by atoms with Crippen LogP contribution in [0.2, 0.25) is 0 Å². The van der Waals surface area contributed by atoms with Crippen LogP contribution in [0, 0.1) is 0 Å². The lowest BCUT2D eigenvalue weighted by molar-refractivity contribution is 1.08. The second-order valence-electron chi connectivity index (χ2n) is 12.3. The summed E-state index contributed by atoms with van der Waals surface area (Å²) < 4.78 is 2.28. The van der Waals surface area contributed by atoms with Crippen molar-refractivity contribution in [1.29, 1.82) is 0 Å². The molecule has 9 aromatic rings. The van der Waals surface area contributed by atoms with Crippen LogP contribution in [0.5, 0.6) is 0 Å². The maximum Gasteiger partial charge on any atom is 0.137 e. The van der Waals surface area contributed by atoms with E-state index in [2.05, 4.69) is 155 Å². The van der Waals surface area contributed by atoms with E-state index in [4.69, 9.17) is 9.97 Å². The summed E-state index contributed by atoms with van der Waals surface area (Å²) in [5.41, 5.74) is 13.4. The van der Waals surface area contributed by atoms with Gasteiger partial charge in [-0.3, -0.25) is 4.57 Å². The molecule has 4 nitrogen and oxygen atoms in total. The number of hydrogen-bond acceptors (Lipinski definition) is 3. The standard InChI is InChI=1S/C44H28N4/c1-6-16-38-29(11-1)21-25-39(46-38)30-20-23-36-33-13-3-2-12-32(33)34-14-4-7-17-40(34)47(42(36)27-30)31-22-24-37-35-15-5-8-18-41(35)48(43(37)28-31)44-19-9-10-26-45-44/h1-28H. The van der Waals surface area contributed by atoms with Crippen LogP contribution in [-0.2, 0) is 0 Å². The average Bonchev–Trinajstić information content (AvgIpc) is 3.42. The third-order valence-electron chi connectivity index (χ3n) is 9.58. The number of fused-ring (bicyclic) bond motifs is 9. The zero-order valence-electron chi connectivity index (χ0n) is 26.0. The predicted molar refractivity (Wildman–Crippen MR) is 198 cm³/mol. The number of benzene rings is 6. The van der Waals surface area contributed by atoms with Gasteiger partial charge in [0.15, 0.2) is 0 Å². The van der Waals surface area contributed by atoms with Gasteiger partial charge in [-0.25, -0.2) is 9.97 Å². The highest BCUT2D eigenvalue weighted by molar-refractivity contribution is 6.11. The summed E-state index contributed by atoms with van der Waals surface area (Å²) in [5, 5.41) is 3.54. The fourth-order valence-electron chi connectivity index (χ4n) is 7.42. The maximum atomic E-state index is 5.09. The minimum atomic E-state index is 0.898.